The maximum atomic E-state index is 12.6. The van der Waals surface area contributed by atoms with Gasteiger partial charge in [0.25, 0.3) is 5.91 Å². The number of benzene rings is 2. The monoisotopic (exact) mass is 551 g/mol. The second kappa shape index (κ2) is 13.9. The highest BCUT2D eigenvalue weighted by atomic mass is 16.6. The molecule has 2 aliphatic heterocycles. The number of esters is 1. The van der Waals surface area contributed by atoms with Crippen molar-refractivity contribution in [3.8, 4) is 5.75 Å². The Morgan fingerprint density at radius 1 is 1.05 bits per heavy atom. The number of rotatable bonds is 11. The number of piperazine rings is 1. The third-order valence-electron chi connectivity index (χ3n) is 6.97. The topological polar surface area (TPSA) is 125 Å². The number of hydrogen-bond acceptors (Lipinski definition) is 9. The summed E-state index contributed by atoms with van der Waals surface area (Å²) in [5.41, 5.74) is 1.50. The Morgan fingerprint density at radius 2 is 1.75 bits per heavy atom. The van der Waals surface area contributed by atoms with Gasteiger partial charge in [0.05, 0.1) is 32.4 Å². The summed E-state index contributed by atoms with van der Waals surface area (Å²) >= 11 is 0. The second-order valence-corrected chi connectivity index (χ2v) is 9.84. The lowest BCUT2D eigenvalue weighted by Gasteiger charge is -2.34. The molecule has 2 aliphatic rings. The standard InChI is InChI=1S/C29H37N5O6/c1-3-4-17-39-26(35)20-33-15-13-32(14-16-33)18-23-19-34(29(37)40-23)22-11-9-21(10-12-22)27(30)31-28(36)24-7-5-6-8-25(24)38-2/h5-12,23H,3-4,13-20H2,1-2H3,(H2,30,31,36). The number of nitrogens with zero attached hydrogens (tertiary/aromatic N) is 3. The van der Waals surface area contributed by atoms with Crippen LogP contribution in [0, 0.1) is 5.41 Å². The first-order valence-corrected chi connectivity index (χ1v) is 13.6. The van der Waals surface area contributed by atoms with Crippen LogP contribution < -0.4 is 15.0 Å². The van der Waals surface area contributed by atoms with Gasteiger partial charge in [0.15, 0.2) is 0 Å². The third kappa shape index (κ3) is 7.57. The zero-order chi connectivity index (χ0) is 28.5. The molecule has 214 valence electrons. The number of carbonyl (C=O) groups excluding carboxylic acids is 3. The molecule has 2 heterocycles. The Morgan fingerprint density at radius 3 is 2.45 bits per heavy atom. The van der Waals surface area contributed by atoms with E-state index in [1.165, 1.54) is 7.11 Å². The van der Waals surface area contributed by atoms with E-state index in [1.54, 1.807) is 53.4 Å². The summed E-state index contributed by atoms with van der Waals surface area (Å²) in [6.07, 6.45) is 1.20. The average Bonchev–Trinajstić information content (AvgIpc) is 3.33. The first-order chi connectivity index (χ1) is 19.4. The van der Waals surface area contributed by atoms with Gasteiger partial charge in [-0.2, -0.15) is 0 Å². The van der Waals surface area contributed by atoms with E-state index in [1.807, 2.05) is 0 Å². The van der Waals surface area contributed by atoms with E-state index in [0.29, 0.717) is 48.8 Å². The molecule has 40 heavy (non-hydrogen) atoms. The van der Waals surface area contributed by atoms with E-state index >= 15 is 0 Å². The molecule has 2 aromatic rings. The minimum Gasteiger partial charge on any atom is -0.496 e. The van der Waals surface area contributed by atoms with Crippen molar-refractivity contribution in [2.75, 3.05) is 64.4 Å². The van der Waals surface area contributed by atoms with Gasteiger partial charge in [-0.05, 0) is 42.8 Å². The minimum atomic E-state index is -0.440. The highest BCUT2D eigenvalue weighted by Gasteiger charge is 2.34. The van der Waals surface area contributed by atoms with Gasteiger partial charge < -0.3 is 19.5 Å². The fraction of sp³-hybridized carbons (Fsp3) is 0.448. The number of hydrogen-bond donors (Lipinski definition) is 2. The number of nitrogens with one attached hydrogen (secondary N) is 2. The molecule has 11 nitrogen and oxygen atoms in total. The van der Waals surface area contributed by atoms with E-state index < -0.39 is 12.0 Å². The number of cyclic esters (lactones) is 1. The van der Waals surface area contributed by atoms with Gasteiger partial charge in [-0.3, -0.25) is 29.7 Å². The lowest BCUT2D eigenvalue weighted by atomic mass is 10.1. The van der Waals surface area contributed by atoms with Gasteiger partial charge >= 0.3 is 12.1 Å². The van der Waals surface area contributed by atoms with Crippen molar-refractivity contribution in [1.82, 2.24) is 15.1 Å². The fourth-order valence-electron chi connectivity index (χ4n) is 4.70. The quantitative estimate of drug-likeness (QED) is 0.189. The van der Waals surface area contributed by atoms with Crippen LogP contribution in [0.2, 0.25) is 0 Å². The van der Waals surface area contributed by atoms with Crippen LogP contribution in [-0.4, -0.2) is 99.2 Å². The van der Waals surface area contributed by atoms with Crippen molar-refractivity contribution < 1.29 is 28.6 Å². The van der Waals surface area contributed by atoms with Gasteiger partial charge in [0.2, 0.25) is 0 Å². The van der Waals surface area contributed by atoms with Crippen LogP contribution >= 0.6 is 0 Å². The summed E-state index contributed by atoms with van der Waals surface area (Å²) in [4.78, 5) is 43.1. The van der Waals surface area contributed by atoms with Gasteiger partial charge in [0, 0.05) is 44.0 Å². The van der Waals surface area contributed by atoms with E-state index in [9.17, 15) is 14.4 Å². The van der Waals surface area contributed by atoms with Gasteiger partial charge in [-0.25, -0.2) is 4.79 Å². The lowest BCUT2D eigenvalue weighted by Crippen LogP contribution is -2.50. The van der Waals surface area contributed by atoms with E-state index in [4.69, 9.17) is 19.6 Å². The number of unbranched alkanes of at least 4 members (excludes halogenated alkanes) is 1. The van der Waals surface area contributed by atoms with Crippen LogP contribution in [-0.2, 0) is 14.3 Å². The summed E-state index contributed by atoms with van der Waals surface area (Å²) in [6.45, 7) is 6.97. The van der Waals surface area contributed by atoms with Crippen molar-refractivity contribution in [2.24, 2.45) is 0 Å². The predicted octanol–water partition coefficient (Wildman–Crippen LogP) is 2.74. The summed E-state index contributed by atoms with van der Waals surface area (Å²) in [5, 5.41) is 10.9. The number of para-hydroxylation sites is 1. The van der Waals surface area contributed by atoms with Crippen LogP contribution in [0.5, 0.6) is 5.75 Å². The number of anilines is 1. The Hall–Kier alpha value is -3.96. The number of amidine groups is 1. The number of amides is 2. The van der Waals surface area contributed by atoms with Crippen LogP contribution in [0.1, 0.15) is 35.7 Å². The molecule has 2 fully saturated rings. The van der Waals surface area contributed by atoms with Crippen molar-refractivity contribution in [2.45, 2.75) is 25.9 Å². The Balaban J connectivity index is 1.24. The highest BCUT2D eigenvalue weighted by Crippen LogP contribution is 2.23. The first kappa shape index (κ1) is 29.0. The molecule has 0 saturated carbocycles. The molecule has 0 aromatic heterocycles. The van der Waals surface area contributed by atoms with Crippen LogP contribution in [0.25, 0.3) is 0 Å². The molecular formula is C29H37N5O6. The SMILES string of the molecule is CCCCOC(=O)CN1CCN(CC2CN(c3ccc(C(=N)NC(=O)c4ccccc4OC)cc3)C(=O)O2)CC1. The molecule has 2 amide bonds. The highest BCUT2D eigenvalue weighted by molar-refractivity contribution is 6.12. The maximum Gasteiger partial charge on any atom is 0.414 e. The average molecular weight is 552 g/mol. The van der Waals surface area contributed by atoms with E-state index in [2.05, 4.69) is 22.0 Å². The fourth-order valence-corrected chi connectivity index (χ4v) is 4.70. The number of methoxy groups -OCH3 is 1. The lowest BCUT2D eigenvalue weighted by molar-refractivity contribution is -0.145. The van der Waals surface area contributed by atoms with E-state index in [0.717, 1.165) is 39.0 Å². The molecular weight excluding hydrogens is 514 g/mol. The molecule has 2 aromatic carbocycles. The summed E-state index contributed by atoms with van der Waals surface area (Å²) in [6, 6.07) is 13.7. The third-order valence-corrected chi connectivity index (χ3v) is 6.97. The van der Waals surface area contributed by atoms with Gasteiger partial charge in [-0.15, -0.1) is 0 Å². The number of carbonyl (C=O) groups is 3. The van der Waals surface area contributed by atoms with Crippen molar-refractivity contribution in [3.05, 3.63) is 59.7 Å². The molecule has 0 spiro atoms. The molecule has 2 N–H and O–H groups in total. The second-order valence-electron chi connectivity index (χ2n) is 9.84. The molecule has 11 heteroatoms. The first-order valence-electron chi connectivity index (χ1n) is 13.6. The molecule has 0 bridgehead atoms. The van der Waals surface area contributed by atoms with Crippen molar-refractivity contribution in [3.63, 3.8) is 0 Å². The normalized spacial score (nSPS) is 17.8. The predicted molar refractivity (Wildman–Crippen MR) is 150 cm³/mol. The molecule has 1 unspecified atom stereocenters. The molecule has 4 rings (SSSR count). The van der Waals surface area contributed by atoms with E-state index in [-0.39, 0.29) is 17.9 Å². The smallest absolute Gasteiger partial charge is 0.414 e. The largest absolute Gasteiger partial charge is 0.496 e. The summed E-state index contributed by atoms with van der Waals surface area (Å²) in [7, 11) is 1.49. The summed E-state index contributed by atoms with van der Waals surface area (Å²) in [5.74, 6) is -0.250. The maximum absolute atomic E-state index is 12.6. The zero-order valence-electron chi connectivity index (χ0n) is 23.1. The Labute approximate surface area is 234 Å². The number of ether oxygens (including phenoxy) is 3. The minimum absolute atomic E-state index is 0.0577. The molecule has 1 atom stereocenters. The van der Waals surface area contributed by atoms with Crippen LogP contribution in [0.3, 0.4) is 0 Å². The van der Waals surface area contributed by atoms with Crippen LogP contribution in [0.15, 0.2) is 48.5 Å². The van der Waals surface area contributed by atoms with Crippen molar-refractivity contribution in [1.29, 1.82) is 5.41 Å². The molecule has 0 aliphatic carbocycles. The Kier molecular flexibility index (Phi) is 10.1. The van der Waals surface area contributed by atoms with Gasteiger partial charge in [0.1, 0.15) is 17.7 Å². The molecule has 2 saturated heterocycles. The summed E-state index contributed by atoms with van der Waals surface area (Å²) < 4.78 is 16.1. The van der Waals surface area contributed by atoms with Gasteiger partial charge in [-0.1, -0.05) is 25.5 Å². The van der Waals surface area contributed by atoms with Crippen LogP contribution in [0.4, 0.5) is 10.5 Å². The molecule has 0 radical (unpaired) electrons. The van der Waals surface area contributed by atoms with Crippen molar-refractivity contribution >= 4 is 29.5 Å². The zero-order valence-corrected chi connectivity index (χ0v) is 23.1. The Bertz CT molecular complexity index is 1200.